The third kappa shape index (κ3) is 3.16. The molecule has 0 heterocycles. The van der Waals surface area contributed by atoms with Crippen molar-refractivity contribution in [3.63, 3.8) is 0 Å². The molecule has 0 atom stereocenters. The summed E-state index contributed by atoms with van der Waals surface area (Å²) in [4.78, 5) is 0. The van der Waals surface area contributed by atoms with Crippen LogP contribution in [0.4, 0.5) is 13.2 Å². The molecule has 0 radical (unpaired) electrons. The number of halogens is 4. The zero-order chi connectivity index (χ0) is 13.3. The number of nitrogens with two attached hydrogens (primary N) is 1. The lowest BCUT2D eigenvalue weighted by Crippen LogP contribution is -2.41. The van der Waals surface area contributed by atoms with Crippen molar-refractivity contribution in [2.75, 3.05) is 6.54 Å². The summed E-state index contributed by atoms with van der Waals surface area (Å²) in [6, 6.07) is 3.72. The highest BCUT2D eigenvalue weighted by Crippen LogP contribution is 2.40. The van der Waals surface area contributed by atoms with Gasteiger partial charge in [0.2, 0.25) is 0 Å². The van der Waals surface area contributed by atoms with E-state index in [1.807, 2.05) is 0 Å². The summed E-state index contributed by atoms with van der Waals surface area (Å²) in [5.41, 5.74) is 2.28. The molecule has 0 aromatic heterocycles. The van der Waals surface area contributed by atoms with Crippen molar-refractivity contribution < 1.29 is 18.3 Å². The fourth-order valence-electron chi connectivity index (χ4n) is 1.50. The Kier molecular flexibility index (Phi) is 5.65. The summed E-state index contributed by atoms with van der Waals surface area (Å²) >= 11 is 0. The molecule has 2 nitrogen and oxygen atoms in total. The Morgan fingerprint density at radius 1 is 1.28 bits per heavy atom. The maximum Gasteiger partial charge on any atom is 0.303 e. The zero-order valence-electron chi connectivity index (χ0n) is 10.2. The van der Waals surface area contributed by atoms with Crippen LogP contribution in [0.1, 0.15) is 25.0 Å². The molecule has 0 spiro atoms. The van der Waals surface area contributed by atoms with Gasteiger partial charge in [0.15, 0.2) is 0 Å². The minimum atomic E-state index is -3.65. The maximum absolute atomic E-state index is 13.8. The predicted octanol–water partition coefficient (Wildman–Crippen LogP) is 2.61. The summed E-state index contributed by atoms with van der Waals surface area (Å²) in [6.45, 7) is 2.07. The molecule has 104 valence electrons. The van der Waals surface area contributed by atoms with E-state index in [1.54, 1.807) is 0 Å². The SMILES string of the molecule is CC(C)(O)C(F)(F)c1cccc(CCN)c1F.Cl. The molecule has 0 saturated heterocycles. The minimum Gasteiger partial charge on any atom is -0.384 e. The molecule has 0 aliphatic carbocycles. The van der Waals surface area contributed by atoms with Crippen LogP contribution in [-0.2, 0) is 12.3 Å². The molecule has 0 amide bonds. The Morgan fingerprint density at radius 3 is 2.28 bits per heavy atom. The first-order valence-corrected chi connectivity index (χ1v) is 5.30. The first-order chi connectivity index (χ1) is 7.71. The van der Waals surface area contributed by atoms with E-state index in [2.05, 4.69) is 0 Å². The quantitative estimate of drug-likeness (QED) is 0.892. The highest BCUT2D eigenvalue weighted by Gasteiger charge is 2.48. The van der Waals surface area contributed by atoms with Gasteiger partial charge in [-0.15, -0.1) is 12.4 Å². The Balaban J connectivity index is 0.00000289. The molecule has 18 heavy (non-hydrogen) atoms. The average Bonchev–Trinajstić information content (AvgIpc) is 2.19. The van der Waals surface area contributed by atoms with Gasteiger partial charge >= 0.3 is 5.92 Å². The molecule has 0 unspecified atom stereocenters. The second-order valence-electron chi connectivity index (χ2n) is 4.45. The van der Waals surface area contributed by atoms with Crippen molar-refractivity contribution in [3.8, 4) is 0 Å². The Morgan fingerprint density at radius 2 is 1.83 bits per heavy atom. The van der Waals surface area contributed by atoms with E-state index in [-0.39, 0.29) is 30.9 Å². The van der Waals surface area contributed by atoms with Crippen LogP contribution in [0.25, 0.3) is 0 Å². The van der Waals surface area contributed by atoms with Crippen LogP contribution in [0.15, 0.2) is 18.2 Å². The molecular weight excluding hydrogens is 267 g/mol. The lowest BCUT2D eigenvalue weighted by molar-refractivity contribution is -0.170. The first-order valence-electron chi connectivity index (χ1n) is 5.30. The number of rotatable bonds is 4. The van der Waals surface area contributed by atoms with Crippen molar-refractivity contribution in [1.29, 1.82) is 0 Å². The van der Waals surface area contributed by atoms with Crippen LogP contribution in [0.5, 0.6) is 0 Å². The van der Waals surface area contributed by atoms with Crippen molar-refractivity contribution in [1.82, 2.24) is 0 Å². The second-order valence-corrected chi connectivity index (χ2v) is 4.45. The lowest BCUT2D eigenvalue weighted by atomic mass is 9.91. The van der Waals surface area contributed by atoms with Gasteiger partial charge in [0.25, 0.3) is 0 Å². The second kappa shape index (κ2) is 5.91. The van der Waals surface area contributed by atoms with Crippen LogP contribution in [0, 0.1) is 5.82 Å². The number of aliphatic hydroxyl groups is 1. The van der Waals surface area contributed by atoms with E-state index in [0.717, 1.165) is 19.9 Å². The molecule has 1 rings (SSSR count). The van der Waals surface area contributed by atoms with Crippen molar-refractivity contribution in [2.24, 2.45) is 5.73 Å². The minimum absolute atomic E-state index is 0. The van der Waals surface area contributed by atoms with E-state index in [1.165, 1.54) is 12.1 Å². The van der Waals surface area contributed by atoms with Gasteiger partial charge in [-0.2, -0.15) is 8.78 Å². The lowest BCUT2D eigenvalue weighted by Gasteiger charge is -2.29. The van der Waals surface area contributed by atoms with Crippen LogP contribution < -0.4 is 5.73 Å². The molecule has 0 bridgehead atoms. The monoisotopic (exact) mass is 283 g/mol. The van der Waals surface area contributed by atoms with Gasteiger partial charge in [0.05, 0.1) is 5.56 Å². The number of benzene rings is 1. The maximum atomic E-state index is 13.8. The normalized spacial score (nSPS) is 12.2. The third-order valence-corrected chi connectivity index (χ3v) is 2.60. The van der Waals surface area contributed by atoms with E-state index in [4.69, 9.17) is 5.73 Å². The molecule has 1 aromatic carbocycles. The zero-order valence-corrected chi connectivity index (χ0v) is 11.0. The Bertz CT molecular complexity index is 405. The summed E-state index contributed by atoms with van der Waals surface area (Å²) < 4.78 is 41.5. The van der Waals surface area contributed by atoms with Gasteiger partial charge in [-0.05, 0) is 38.4 Å². The standard InChI is InChI=1S/C12H16F3NO.ClH/c1-11(2,17)12(14,15)9-5-3-4-8(6-7-16)10(9)13;/h3-5,17H,6-7,16H2,1-2H3;1H. The third-order valence-electron chi connectivity index (χ3n) is 2.60. The molecular formula is C12H17ClF3NO. The molecule has 3 N–H and O–H groups in total. The van der Waals surface area contributed by atoms with E-state index in [9.17, 15) is 18.3 Å². The Hall–Kier alpha value is -0.780. The number of hydrogen-bond donors (Lipinski definition) is 2. The van der Waals surface area contributed by atoms with Gasteiger partial charge in [0, 0.05) is 0 Å². The first kappa shape index (κ1) is 17.2. The highest BCUT2D eigenvalue weighted by atomic mass is 35.5. The van der Waals surface area contributed by atoms with Crippen LogP contribution in [-0.4, -0.2) is 17.3 Å². The fraction of sp³-hybridized carbons (Fsp3) is 0.500. The van der Waals surface area contributed by atoms with Gasteiger partial charge in [-0.25, -0.2) is 4.39 Å². The molecule has 0 aliphatic rings. The number of hydrogen-bond acceptors (Lipinski definition) is 2. The number of alkyl halides is 2. The summed E-state index contributed by atoms with van der Waals surface area (Å²) in [5, 5.41) is 9.40. The van der Waals surface area contributed by atoms with Gasteiger partial charge in [-0.3, -0.25) is 0 Å². The van der Waals surface area contributed by atoms with Crippen molar-refractivity contribution in [2.45, 2.75) is 31.8 Å². The molecule has 6 heteroatoms. The van der Waals surface area contributed by atoms with Crippen molar-refractivity contribution in [3.05, 3.63) is 35.1 Å². The molecule has 0 saturated carbocycles. The fourth-order valence-corrected chi connectivity index (χ4v) is 1.50. The van der Waals surface area contributed by atoms with Crippen LogP contribution in [0.2, 0.25) is 0 Å². The van der Waals surface area contributed by atoms with Crippen LogP contribution in [0.3, 0.4) is 0 Å². The predicted molar refractivity (Wildman–Crippen MR) is 66.6 cm³/mol. The smallest absolute Gasteiger partial charge is 0.303 e. The van der Waals surface area contributed by atoms with Crippen LogP contribution >= 0.6 is 12.4 Å². The van der Waals surface area contributed by atoms with Gasteiger partial charge < -0.3 is 10.8 Å². The molecule has 0 aliphatic heterocycles. The Labute approximate surface area is 110 Å². The van der Waals surface area contributed by atoms with E-state index >= 15 is 0 Å². The van der Waals surface area contributed by atoms with E-state index in [0.29, 0.717) is 0 Å². The summed E-state index contributed by atoms with van der Waals surface area (Å²) in [6.07, 6.45) is 0.182. The van der Waals surface area contributed by atoms with E-state index < -0.39 is 22.9 Å². The topological polar surface area (TPSA) is 46.2 Å². The largest absolute Gasteiger partial charge is 0.384 e. The van der Waals surface area contributed by atoms with Gasteiger partial charge in [0.1, 0.15) is 11.4 Å². The molecule has 1 aromatic rings. The average molecular weight is 284 g/mol. The molecule has 0 fully saturated rings. The van der Waals surface area contributed by atoms with Crippen molar-refractivity contribution >= 4 is 12.4 Å². The highest BCUT2D eigenvalue weighted by molar-refractivity contribution is 5.85. The summed E-state index contributed by atoms with van der Waals surface area (Å²) in [7, 11) is 0. The van der Waals surface area contributed by atoms with Gasteiger partial charge in [-0.1, -0.05) is 12.1 Å². The summed E-state index contributed by atoms with van der Waals surface area (Å²) in [5.74, 6) is -4.65.